The minimum Gasteiger partial charge on any atom is -0.487 e. The summed E-state index contributed by atoms with van der Waals surface area (Å²) in [5.41, 5.74) is 1.91. The van der Waals surface area contributed by atoms with E-state index in [0.717, 1.165) is 18.1 Å². The Morgan fingerprint density at radius 1 is 1.28 bits per heavy atom. The molecule has 2 aromatic heterocycles. The lowest BCUT2D eigenvalue weighted by atomic mass is 9.91. The van der Waals surface area contributed by atoms with Gasteiger partial charge in [-0.1, -0.05) is 6.07 Å². The van der Waals surface area contributed by atoms with Gasteiger partial charge in [-0.3, -0.25) is 4.79 Å². The molecule has 9 heteroatoms. The number of ether oxygens (including phenoxy) is 1. The van der Waals surface area contributed by atoms with E-state index in [1.54, 1.807) is 24.4 Å². The SMILES string of the molecule is CC(Nc1ncc2c(-c3ccc4c(c3)OC(C)(C)CC4=O)c[nH]c2n1)C(F)(F)F. The van der Waals surface area contributed by atoms with Crippen molar-refractivity contribution in [1.82, 2.24) is 15.0 Å². The number of alkyl halides is 3. The van der Waals surface area contributed by atoms with Crippen molar-refractivity contribution < 1.29 is 22.7 Å². The molecule has 1 aromatic carbocycles. The van der Waals surface area contributed by atoms with Gasteiger partial charge in [-0.25, -0.2) is 4.98 Å². The topological polar surface area (TPSA) is 79.9 Å². The minimum atomic E-state index is -4.40. The zero-order valence-electron chi connectivity index (χ0n) is 16.0. The van der Waals surface area contributed by atoms with Crippen molar-refractivity contribution in [1.29, 1.82) is 0 Å². The Morgan fingerprint density at radius 3 is 2.76 bits per heavy atom. The number of nitrogens with zero attached hydrogens (tertiary/aromatic N) is 2. The monoisotopic (exact) mass is 404 g/mol. The first-order chi connectivity index (χ1) is 13.5. The molecule has 0 saturated carbocycles. The first-order valence-corrected chi connectivity index (χ1v) is 9.07. The average Bonchev–Trinajstić information content (AvgIpc) is 3.02. The van der Waals surface area contributed by atoms with E-state index < -0.39 is 17.8 Å². The average molecular weight is 404 g/mol. The molecule has 152 valence electrons. The summed E-state index contributed by atoms with van der Waals surface area (Å²) in [7, 11) is 0. The van der Waals surface area contributed by atoms with Crippen molar-refractivity contribution in [3.8, 4) is 16.9 Å². The number of rotatable bonds is 3. The molecule has 6 nitrogen and oxygen atoms in total. The van der Waals surface area contributed by atoms with E-state index in [4.69, 9.17) is 4.74 Å². The number of aromatic amines is 1. The van der Waals surface area contributed by atoms with Crippen LogP contribution in [0.15, 0.2) is 30.6 Å². The Morgan fingerprint density at radius 2 is 2.03 bits per heavy atom. The molecule has 0 fully saturated rings. The zero-order valence-corrected chi connectivity index (χ0v) is 16.0. The van der Waals surface area contributed by atoms with Crippen LogP contribution >= 0.6 is 0 Å². The van der Waals surface area contributed by atoms with Crippen molar-refractivity contribution in [2.24, 2.45) is 0 Å². The molecule has 0 aliphatic carbocycles. The summed E-state index contributed by atoms with van der Waals surface area (Å²) in [6, 6.07) is 3.55. The van der Waals surface area contributed by atoms with Crippen LogP contribution < -0.4 is 10.1 Å². The van der Waals surface area contributed by atoms with E-state index in [0.29, 0.717) is 28.8 Å². The highest BCUT2D eigenvalue weighted by Crippen LogP contribution is 2.37. The zero-order chi connectivity index (χ0) is 21.0. The normalized spacial score (nSPS) is 17.0. The van der Waals surface area contributed by atoms with Crippen LogP contribution in [0.25, 0.3) is 22.2 Å². The standard InChI is InChI=1S/C20H19F3N4O2/c1-10(20(21,22)23)26-18-25-9-14-13(8-24-17(14)27-18)11-4-5-12-15(28)7-19(2,3)29-16(12)6-11/h4-6,8-10H,7H2,1-3H3,(H2,24,25,26,27). The van der Waals surface area contributed by atoms with E-state index in [1.165, 1.54) is 6.20 Å². The smallest absolute Gasteiger partial charge is 0.408 e. The lowest BCUT2D eigenvalue weighted by molar-refractivity contribution is -0.138. The fourth-order valence-corrected chi connectivity index (χ4v) is 3.31. The van der Waals surface area contributed by atoms with E-state index in [1.807, 2.05) is 13.8 Å². The Kier molecular flexibility index (Phi) is 4.29. The largest absolute Gasteiger partial charge is 0.487 e. The number of fused-ring (bicyclic) bond motifs is 2. The maximum Gasteiger partial charge on any atom is 0.408 e. The van der Waals surface area contributed by atoms with E-state index in [2.05, 4.69) is 20.3 Å². The third kappa shape index (κ3) is 3.64. The molecule has 1 aliphatic rings. The van der Waals surface area contributed by atoms with Gasteiger partial charge in [-0.15, -0.1) is 0 Å². The molecule has 1 aliphatic heterocycles. The Labute approximate surface area is 164 Å². The van der Waals surface area contributed by atoms with Crippen LogP contribution in [0, 0.1) is 0 Å². The van der Waals surface area contributed by atoms with Crippen LogP contribution in [0.5, 0.6) is 5.75 Å². The Bertz CT molecular complexity index is 1100. The number of ketones is 1. The lowest BCUT2D eigenvalue weighted by Gasteiger charge is -2.31. The second-order valence-electron chi connectivity index (χ2n) is 7.74. The van der Waals surface area contributed by atoms with Crippen molar-refractivity contribution in [2.75, 3.05) is 5.32 Å². The highest BCUT2D eigenvalue weighted by Gasteiger charge is 2.36. The number of hydrogen-bond acceptors (Lipinski definition) is 5. The van der Waals surface area contributed by atoms with Crippen LogP contribution in [0.3, 0.4) is 0 Å². The Balaban J connectivity index is 1.68. The molecule has 1 unspecified atom stereocenters. The Hall–Kier alpha value is -3.10. The molecular weight excluding hydrogens is 385 g/mol. The third-order valence-corrected chi connectivity index (χ3v) is 4.83. The number of carbonyl (C=O) groups is 1. The lowest BCUT2D eigenvalue weighted by Crippen LogP contribution is -2.35. The molecule has 4 rings (SSSR count). The molecule has 2 N–H and O–H groups in total. The molecule has 0 spiro atoms. The molecule has 0 bridgehead atoms. The molecular formula is C20H19F3N4O2. The number of anilines is 1. The van der Waals surface area contributed by atoms with Crippen LogP contribution in [0.2, 0.25) is 0 Å². The van der Waals surface area contributed by atoms with Gasteiger partial charge in [0.25, 0.3) is 0 Å². The number of Topliss-reactive ketones (excluding diaryl/α,β-unsaturated/α-hetero) is 1. The van der Waals surface area contributed by atoms with Crippen LogP contribution in [0.1, 0.15) is 37.6 Å². The number of hydrogen-bond donors (Lipinski definition) is 2. The summed E-state index contributed by atoms with van der Waals surface area (Å²) in [4.78, 5) is 23.4. The molecule has 29 heavy (non-hydrogen) atoms. The number of nitrogens with one attached hydrogen (secondary N) is 2. The van der Waals surface area contributed by atoms with Crippen molar-refractivity contribution >= 4 is 22.8 Å². The summed E-state index contributed by atoms with van der Waals surface area (Å²) in [5.74, 6) is 0.424. The molecule has 0 saturated heterocycles. The van der Waals surface area contributed by atoms with Crippen LogP contribution in [0.4, 0.5) is 19.1 Å². The first-order valence-electron chi connectivity index (χ1n) is 9.07. The molecule has 3 heterocycles. The van der Waals surface area contributed by atoms with E-state index in [9.17, 15) is 18.0 Å². The van der Waals surface area contributed by atoms with E-state index in [-0.39, 0.29) is 11.7 Å². The van der Waals surface area contributed by atoms with Gasteiger partial charge in [0.2, 0.25) is 5.95 Å². The van der Waals surface area contributed by atoms with Crippen LogP contribution in [-0.4, -0.2) is 38.6 Å². The van der Waals surface area contributed by atoms with Gasteiger partial charge in [-0.05, 0) is 38.5 Å². The highest BCUT2D eigenvalue weighted by atomic mass is 19.4. The molecule has 0 radical (unpaired) electrons. The van der Waals surface area contributed by atoms with Gasteiger partial charge in [-0.2, -0.15) is 18.2 Å². The second kappa shape index (κ2) is 6.47. The number of halogens is 3. The summed E-state index contributed by atoms with van der Waals surface area (Å²) in [5, 5.41) is 2.90. The van der Waals surface area contributed by atoms with Gasteiger partial charge in [0, 0.05) is 23.3 Å². The van der Waals surface area contributed by atoms with Gasteiger partial charge in [0.15, 0.2) is 5.78 Å². The maximum absolute atomic E-state index is 12.7. The number of aromatic nitrogens is 3. The summed E-state index contributed by atoms with van der Waals surface area (Å²) in [6.07, 6.45) is -0.914. The number of carbonyl (C=O) groups excluding carboxylic acids is 1. The fraction of sp³-hybridized carbons (Fsp3) is 0.350. The van der Waals surface area contributed by atoms with Gasteiger partial charge >= 0.3 is 6.18 Å². The quantitative estimate of drug-likeness (QED) is 0.660. The van der Waals surface area contributed by atoms with Crippen molar-refractivity contribution in [2.45, 2.75) is 45.0 Å². The number of H-pyrrole nitrogens is 1. The fourth-order valence-electron chi connectivity index (χ4n) is 3.31. The van der Waals surface area contributed by atoms with Crippen LogP contribution in [-0.2, 0) is 0 Å². The second-order valence-corrected chi connectivity index (χ2v) is 7.74. The summed E-state index contributed by atoms with van der Waals surface area (Å²) >= 11 is 0. The van der Waals surface area contributed by atoms with Crippen molar-refractivity contribution in [3.63, 3.8) is 0 Å². The molecule has 3 aromatic rings. The summed E-state index contributed by atoms with van der Waals surface area (Å²) in [6.45, 7) is 4.72. The third-order valence-electron chi connectivity index (χ3n) is 4.83. The van der Waals surface area contributed by atoms with Crippen molar-refractivity contribution in [3.05, 3.63) is 36.2 Å². The van der Waals surface area contributed by atoms with Gasteiger partial charge in [0.05, 0.1) is 12.0 Å². The van der Waals surface area contributed by atoms with Gasteiger partial charge < -0.3 is 15.0 Å². The summed E-state index contributed by atoms with van der Waals surface area (Å²) < 4.78 is 44.2. The first kappa shape index (κ1) is 19.2. The maximum atomic E-state index is 12.7. The van der Waals surface area contributed by atoms with E-state index >= 15 is 0 Å². The molecule has 0 amide bonds. The predicted molar refractivity (Wildman–Crippen MR) is 102 cm³/mol. The molecule has 1 atom stereocenters. The number of benzene rings is 1. The van der Waals surface area contributed by atoms with Gasteiger partial charge in [0.1, 0.15) is 23.0 Å². The highest BCUT2D eigenvalue weighted by molar-refractivity contribution is 6.02. The predicted octanol–water partition coefficient (Wildman–Crippen LogP) is 4.73. The minimum absolute atomic E-state index is 0.0274.